The Morgan fingerprint density at radius 1 is 1.41 bits per heavy atom. The number of nitrogens with zero attached hydrogens (tertiary/aromatic N) is 2. The Labute approximate surface area is 136 Å². The molecule has 0 unspecified atom stereocenters. The van der Waals surface area contributed by atoms with Crippen molar-refractivity contribution in [1.82, 2.24) is 9.80 Å². The Kier molecular flexibility index (Phi) is 6.37. The third-order valence-electron chi connectivity index (χ3n) is 3.95. The van der Waals surface area contributed by atoms with Gasteiger partial charge in [-0.15, -0.1) is 11.3 Å². The summed E-state index contributed by atoms with van der Waals surface area (Å²) in [5, 5.41) is 9.52. The van der Waals surface area contributed by atoms with Gasteiger partial charge in [-0.25, -0.2) is 0 Å². The average molecular weight is 326 g/mol. The predicted molar refractivity (Wildman–Crippen MR) is 88.2 cm³/mol. The van der Waals surface area contributed by atoms with Crippen molar-refractivity contribution in [2.24, 2.45) is 11.8 Å². The first-order chi connectivity index (χ1) is 10.5. The van der Waals surface area contributed by atoms with E-state index in [2.05, 4.69) is 4.90 Å². The first kappa shape index (κ1) is 17.4. The highest BCUT2D eigenvalue weighted by atomic mass is 32.1. The standard InChI is InChI=1S/C16H26N2O3S/c1-17(2)7-12-6-13(10-19)9-18(8-12)16(20)15-5-4-14(22-15)11-21-3/h4-5,12-13,19H,6-11H2,1-3H3/t12-,13+/m1/s1. The summed E-state index contributed by atoms with van der Waals surface area (Å²) in [5.41, 5.74) is 0. The molecule has 5 nitrogen and oxygen atoms in total. The van der Waals surface area contributed by atoms with Crippen LogP contribution in [0.5, 0.6) is 0 Å². The lowest BCUT2D eigenvalue weighted by molar-refractivity contribution is 0.0482. The van der Waals surface area contributed by atoms with Crippen LogP contribution >= 0.6 is 11.3 Å². The van der Waals surface area contributed by atoms with Crippen molar-refractivity contribution in [3.63, 3.8) is 0 Å². The number of ether oxygens (including phenoxy) is 1. The zero-order valence-electron chi connectivity index (χ0n) is 13.6. The Balaban J connectivity index is 2.05. The number of thiophene rings is 1. The SMILES string of the molecule is COCc1ccc(C(=O)N2C[C@@H](CN(C)C)C[C@H](CO)C2)s1. The Hall–Kier alpha value is -0.950. The largest absolute Gasteiger partial charge is 0.396 e. The minimum absolute atomic E-state index is 0.0780. The molecular formula is C16H26N2O3S. The molecule has 0 radical (unpaired) electrons. The maximum atomic E-state index is 12.7. The van der Waals surface area contributed by atoms with Gasteiger partial charge in [0.1, 0.15) is 0 Å². The second-order valence-corrected chi connectivity index (χ2v) is 7.49. The van der Waals surface area contributed by atoms with Gasteiger partial charge >= 0.3 is 0 Å². The fraction of sp³-hybridized carbons (Fsp3) is 0.688. The van der Waals surface area contributed by atoms with Gasteiger partial charge in [0.15, 0.2) is 0 Å². The minimum atomic E-state index is 0.0780. The molecule has 0 aliphatic carbocycles. The number of rotatable bonds is 6. The average Bonchev–Trinajstić information content (AvgIpc) is 2.94. The molecule has 22 heavy (non-hydrogen) atoms. The van der Waals surface area contributed by atoms with Crippen LogP contribution in [-0.2, 0) is 11.3 Å². The fourth-order valence-corrected chi connectivity index (χ4v) is 4.08. The number of amides is 1. The van der Waals surface area contributed by atoms with E-state index in [4.69, 9.17) is 4.74 Å². The molecule has 0 bridgehead atoms. The van der Waals surface area contributed by atoms with Gasteiger partial charge in [0.2, 0.25) is 0 Å². The third-order valence-corrected chi connectivity index (χ3v) is 5.00. The summed E-state index contributed by atoms with van der Waals surface area (Å²) in [6, 6.07) is 3.83. The summed E-state index contributed by atoms with van der Waals surface area (Å²) in [4.78, 5) is 18.6. The summed E-state index contributed by atoms with van der Waals surface area (Å²) in [6.45, 7) is 3.05. The van der Waals surface area contributed by atoms with Crippen LogP contribution in [0.2, 0.25) is 0 Å². The number of likely N-dealkylation sites (tertiary alicyclic amines) is 1. The molecule has 1 aromatic heterocycles. The van der Waals surface area contributed by atoms with Crippen molar-refractivity contribution in [2.45, 2.75) is 13.0 Å². The van der Waals surface area contributed by atoms with Gasteiger partial charge in [-0.05, 0) is 44.5 Å². The van der Waals surface area contributed by atoms with E-state index in [0.717, 1.165) is 29.3 Å². The van der Waals surface area contributed by atoms with Crippen LogP contribution in [-0.4, -0.2) is 68.3 Å². The zero-order chi connectivity index (χ0) is 16.1. The van der Waals surface area contributed by atoms with E-state index < -0.39 is 0 Å². The molecule has 1 aliphatic heterocycles. The molecule has 0 saturated carbocycles. The quantitative estimate of drug-likeness (QED) is 0.861. The van der Waals surface area contributed by atoms with Gasteiger partial charge in [0.25, 0.3) is 5.91 Å². The van der Waals surface area contributed by atoms with Crippen LogP contribution in [0.4, 0.5) is 0 Å². The molecule has 1 amide bonds. The Morgan fingerprint density at radius 2 is 2.14 bits per heavy atom. The number of hydrogen-bond donors (Lipinski definition) is 1. The molecule has 0 spiro atoms. The van der Waals surface area contributed by atoms with Crippen molar-refractivity contribution >= 4 is 17.2 Å². The second-order valence-electron chi connectivity index (χ2n) is 6.32. The van der Waals surface area contributed by atoms with Gasteiger partial charge in [0.05, 0.1) is 11.5 Å². The van der Waals surface area contributed by atoms with E-state index in [9.17, 15) is 9.90 Å². The second kappa shape index (κ2) is 8.06. The molecule has 2 heterocycles. The van der Waals surface area contributed by atoms with Crippen LogP contribution in [0.15, 0.2) is 12.1 Å². The van der Waals surface area contributed by atoms with Crippen LogP contribution in [0.3, 0.4) is 0 Å². The monoisotopic (exact) mass is 326 g/mol. The van der Waals surface area contributed by atoms with Gasteiger partial charge in [0, 0.05) is 38.2 Å². The molecule has 1 aliphatic rings. The van der Waals surface area contributed by atoms with Crippen molar-refractivity contribution in [2.75, 3.05) is 47.4 Å². The fourth-order valence-electron chi connectivity index (χ4n) is 3.13. The summed E-state index contributed by atoms with van der Waals surface area (Å²) in [6.07, 6.45) is 0.984. The molecule has 1 saturated heterocycles. The summed E-state index contributed by atoms with van der Waals surface area (Å²) < 4.78 is 5.11. The molecule has 1 N–H and O–H groups in total. The smallest absolute Gasteiger partial charge is 0.263 e. The number of carbonyl (C=O) groups is 1. The topological polar surface area (TPSA) is 53.0 Å². The number of methoxy groups -OCH3 is 1. The molecule has 6 heteroatoms. The van der Waals surface area contributed by atoms with Crippen LogP contribution in [0.25, 0.3) is 0 Å². The van der Waals surface area contributed by atoms with Gasteiger partial charge < -0.3 is 19.6 Å². The number of carbonyl (C=O) groups excluding carboxylic acids is 1. The lowest BCUT2D eigenvalue weighted by atomic mass is 9.89. The molecule has 124 valence electrons. The number of hydrogen-bond acceptors (Lipinski definition) is 5. The van der Waals surface area contributed by atoms with Crippen molar-refractivity contribution < 1.29 is 14.6 Å². The van der Waals surface area contributed by atoms with Gasteiger partial charge in [-0.1, -0.05) is 0 Å². The summed E-state index contributed by atoms with van der Waals surface area (Å²) in [7, 11) is 5.75. The highest BCUT2D eigenvalue weighted by Crippen LogP contribution is 2.26. The number of aliphatic hydroxyl groups is 1. The van der Waals surface area contributed by atoms with E-state index >= 15 is 0 Å². The van der Waals surface area contributed by atoms with Crippen LogP contribution < -0.4 is 0 Å². The van der Waals surface area contributed by atoms with Crippen LogP contribution in [0.1, 0.15) is 21.0 Å². The van der Waals surface area contributed by atoms with Gasteiger partial charge in [-0.2, -0.15) is 0 Å². The number of aliphatic hydroxyl groups excluding tert-OH is 1. The normalized spacial score (nSPS) is 22.3. The van der Waals surface area contributed by atoms with E-state index in [0.29, 0.717) is 19.1 Å². The first-order valence-corrected chi connectivity index (χ1v) is 8.47. The van der Waals surface area contributed by atoms with E-state index in [1.54, 1.807) is 7.11 Å². The predicted octanol–water partition coefficient (Wildman–Crippen LogP) is 1.53. The first-order valence-electron chi connectivity index (χ1n) is 7.66. The van der Waals surface area contributed by atoms with Crippen molar-refractivity contribution in [1.29, 1.82) is 0 Å². The summed E-state index contributed by atoms with van der Waals surface area (Å²) >= 11 is 1.49. The lowest BCUT2D eigenvalue weighted by Gasteiger charge is -2.38. The summed E-state index contributed by atoms with van der Waals surface area (Å²) in [5.74, 6) is 0.679. The molecular weight excluding hydrogens is 300 g/mol. The van der Waals surface area contributed by atoms with E-state index in [-0.39, 0.29) is 18.4 Å². The van der Waals surface area contributed by atoms with E-state index in [1.807, 2.05) is 31.1 Å². The molecule has 2 atom stereocenters. The van der Waals surface area contributed by atoms with Crippen LogP contribution in [0, 0.1) is 11.8 Å². The molecule has 0 aromatic carbocycles. The Morgan fingerprint density at radius 3 is 2.77 bits per heavy atom. The highest BCUT2D eigenvalue weighted by molar-refractivity contribution is 7.14. The molecule has 2 rings (SSSR count). The maximum absolute atomic E-state index is 12.7. The van der Waals surface area contributed by atoms with Gasteiger partial charge in [-0.3, -0.25) is 4.79 Å². The minimum Gasteiger partial charge on any atom is -0.396 e. The van der Waals surface area contributed by atoms with Crippen molar-refractivity contribution in [3.8, 4) is 0 Å². The Bertz CT molecular complexity index is 489. The number of piperidine rings is 1. The maximum Gasteiger partial charge on any atom is 0.263 e. The molecule has 1 aromatic rings. The zero-order valence-corrected chi connectivity index (χ0v) is 14.4. The highest BCUT2D eigenvalue weighted by Gasteiger charge is 2.30. The van der Waals surface area contributed by atoms with Crippen molar-refractivity contribution in [3.05, 3.63) is 21.9 Å². The molecule has 1 fully saturated rings. The van der Waals surface area contributed by atoms with E-state index in [1.165, 1.54) is 11.3 Å². The lowest BCUT2D eigenvalue weighted by Crippen LogP contribution is -2.47. The third kappa shape index (κ3) is 4.52.